The van der Waals surface area contributed by atoms with Crippen LogP contribution in [0.5, 0.6) is 5.75 Å². The van der Waals surface area contributed by atoms with Gasteiger partial charge in [-0.1, -0.05) is 24.6 Å². The molecule has 6 heteroatoms. The zero-order valence-corrected chi connectivity index (χ0v) is 9.85. The van der Waals surface area contributed by atoms with Gasteiger partial charge < -0.3 is 17.7 Å². The van der Waals surface area contributed by atoms with Crippen molar-refractivity contribution in [3.8, 4) is 5.75 Å². The third kappa shape index (κ3) is 1.34. The Hall–Kier alpha value is -1.20. The van der Waals surface area contributed by atoms with Crippen molar-refractivity contribution < 1.29 is 22.1 Å². The molecule has 1 nitrogen and oxygen atoms in total. The molecule has 0 saturated heterocycles. The molecular weight excluding hydrogens is 247 g/mol. The van der Waals surface area contributed by atoms with Crippen LogP contribution < -0.4 is 4.74 Å². The van der Waals surface area contributed by atoms with Crippen LogP contribution in [-0.4, -0.2) is 14.1 Å². The number of ether oxygens (including phenoxy) is 1. The zero-order chi connectivity index (χ0) is 13.2. The van der Waals surface area contributed by atoms with E-state index in [-0.39, 0.29) is 19.3 Å². The molecule has 98 valence electrons. The molecule has 18 heavy (non-hydrogen) atoms. The molecule has 1 aromatic carbocycles. The Kier molecular flexibility index (Phi) is 2.12. The van der Waals surface area contributed by atoms with Gasteiger partial charge in [-0.05, 0) is 23.1 Å². The second kappa shape index (κ2) is 3.22. The average Bonchev–Trinajstić information content (AvgIpc) is 2.09. The summed E-state index contributed by atoms with van der Waals surface area (Å²) in [5.41, 5.74) is 0.174. The third-order valence-corrected chi connectivity index (χ3v) is 4.49. The first-order valence-corrected chi connectivity index (χ1v) is 5.85. The summed E-state index contributed by atoms with van der Waals surface area (Å²) >= 11 is 0. The molecule has 0 aliphatic heterocycles. The molecule has 0 unspecified atom stereocenters. The molecule has 3 aliphatic carbocycles. The summed E-state index contributed by atoms with van der Waals surface area (Å²) in [5.74, 6) is -0.0954. The Morgan fingerprint density at radius 2 is 1.72 bits per heavy atom. The van der Waals surface area contributed by atoms with Crippen molar-refractivity contribution in [2.75, 3.05) is 7.11 Å². The highest BCUT2D eigenvalue weighted by Crippen LogP contribution is 2.82. The van der Waals surface area contributed by atoms with E-state index < -0.39 is 23.5 Å². The minimum Gasteiger partial charge on any atom is -0.497 e. The van der Waals surface area contributed by atoms with Crippen LogP contribution in [0.25, 0.3) is 0 Å². The molecule has 0 spiro atoms. The Morgan fingerprint density at radius 3 is 2.22 bits per heavy atom. The van der Waals surface area contributed by atoms with E-state index in [2.05, 4.69) is 0 Å². The van der Waals surface area contributed by atoms with Gasteiger partial charge in [0.2, 0.25) is 0 Å². The first-order valence-electron chi connectivity index (χ1n) is 5.85. The van der Waals surface area contributed by atoms with Gasteiger partial charge in [0.05, 0.1) is 7.11 Å². The first kappa shape index (κ1) is 11.9. The number of rotatable bonds is 3. The maximum atomic E-state index is 13.4. The summed E-state index contributed by atoms with van der Waals surface area (Å²) in [4.78, 5) is 0. The molecule has 1 aromatic rings. The SMILES string of the molecule is COc1cc(F)cc(C23CC([B-](F)(F)F)(C2)C3)c1. The first-order chi connectivity index (χ1) is 8.30. The van der Waals surface area contributed by atoms with E-state index in [0.717, 1.165) is 0 Å². The van der Waals surface area contributed by atoms with Gasteiger partial charge in [-0.2, -0.15) is 0 Å². The van der Waals surface area contributed by atoms with E-state index in [1.165, 1.54) is 19.2 Å². The van der Waals surface area contributed by atoms with Gasteiger partial charge in [-0.3, -0.25) is 0 Å². The molecule has 0 heterocycles. The Labute approximate surface area is 102 Å². The van der Waals surface area contributed by atoms with E-state index >= 15 is 0 Å². The smallest absolute Gasteiger partial charge is 0.484 e. The normalized spacial score (nSPS) is 33.6. The van der Waals surface area contributed by atoms with Crippen LogP contribution in [0.1, 0.15) is 24.8 Å². The van der Waals surface area contributed by atoms with Crippen molar-refractivity contribution in [2.24, 2.45) is 0 Å². The van der Waals surface area contributed by atoms with Crippen molar-refractivity contribution in [2.45, 2.75) is 30.0 Å². The van der Waals surface area contributed by atoms with Gasteiger partial charge in [-0.15, -0.1) is 0 Å². The lowest BCUT2D eigenvalue weighted by atomic mass is 9.23. The monoisotopic (exact) mass is 259 g/mol. The largest absolute Gasteiger partial charge is 0.497 e. The van der Waals surface area contributed by atoms with Crippen LogP contribution in [0.3, 0.4) is 0 Å². The summed E-state index contributed by atoms with van der Waals surface area (Å²) in [5, 5.41) is -1.44. The summed E-state index contributed by atoms with van der Waals surface area (Å²) in [7, 11) is 1.42. The van der Waals surface area contributed by atoms with Crippen LogP contribution in [0, 0.1) is 5.82 Å². The molecule has 4 rings (SSSR count). The van der Waals surface area contributed by atoms with Crippen molar-refractivity contribution >= 4 is 6.98 Å². The standard InChI is InChI=1S/C12H12BF4O/c1-18-10-3-8(2-9(14)4-10)11-5-12(6-11,7-11)13(15,16)17/h2-4H,5-7H2,1H3/q-1. The summed E-state index contributed by atoms with van der Waals surface area (Å²) in [6.07, 6.45) is 0.322. The summed E-state index contributed by atoms with van der Waals surface area (Å²) in [6, 6.07) is 4.21. The van der Waals surface area contributed by atoms with Crippen LogP contribution in [0.15, 0.2) is 18.2 Å². The van der Waals surface area contributed by atoms with Gasteiger partial charge in [0.25, 0.3) is 0 Å². The Bertz CT molecular complexity index is 492. The molecule has 0 amide bonds. The molecular formula is C12H12BF4O-. The second-order valence-electron chi connectivity index (χ2n) is 5.63. The van der Waals surface area contributed by atoms with E-state index in [9.17, 15) is 17.3 Å². The highest BCUT2D eigenvalue weighted by atomic mass is 19.4. The van der Waals surface area contributed by atoms with Crippen molar-refractivity contribution in [3.63, 3.8) is 0 Å². The molecule has 3 fully saturated rings. The number of methoxy groups -OCH3 is 1. The number of hydrogen-bond acceptors (Lipinski definition) is 1. The summed E-state index contributed by atoms with van der Waals surface area (Å²) in [6.45, 7) is -4.78. The van der Waals surface area contributed by atoms with E-state index in [1.54, 1.807) is 6.07 Å². The van der Waals surface area contributed by atoms with Crippen LogP contribution in [0.4, 0.5) is 17.3 Å². The Balaban J connectivity index is 1.86. The predicted octanol–water partition coefficient (Wildman–Crippen LogP) is 3.86. The second-order valence-corrected chi connectivity index (χ2v) is 5.63. The minimum absolute atomic E-state index is 0.107. The van der Waals surface area contributed by atoms with Gasteiger partial charge >= 0.3 is 6.98 Å². The van der Waals surface area contributed by atoms with Crippen LogP contribution in [-0.2, 0) is 5.41 Å². The van der Waals surface area contributed by atoms with Gasteiger partial charge in [0, 0.05) is 6.07 Å². The number of benzene rings is 1. The third-order valence-electron chi connectivity index (χ3n) is 4.49. The minimum atomic E-state index is -4.78. The maximum absolute atomic E-state index is 13.4. The van der Waals surface area contributed by atoms with Gasteiger partial charge in [-0.25, -0.2) is 4.39 Å². The van der Waals surface area contributed by atoms with Crippen molar-refractivity contribution in [3.05, 3.63) is 29.6 Å². The quantitative estimate of drug-likeness (QED) is 0.591. The van der Waals surface area contributed by atoms with Crippen LogP contribution >= 0.6 is 0 Å². The predicted molar refractivity (Wildman–Crippen MR) is 60.3 cm³/mol. The fraction of sp³-hybridized carbons (Fsp3) is 0.500. The maximum Gasteiger partial charge on any atom is 0.484 e. The van der Waals surface area contributed by atoms with Gasteiger partial charge in [0.1, 0.15) is 11.6 Å². The lowest BCUT2D eigenvalue weighted by Gasteiger charge is -2.75. The lowest BCUT2D eigenvalue weighted by Crippen LogP contribution is -2.67. The fourth-order valence-electron chi connectivity index (χ4n) is 3.51. The van der Waals surface area contributed by atoms with Gasteiger partial charge in [0.15, 0.2) is 0 Å². The lowest BCUT2D eigenvalue weighted by molar-refractivity contribution is -0.0403. The van der Waals surface area contributed by atoms with Crippen molar-refractivity contribution in [1.29, 1.82) is 0 Å². The van der Waals surface area contributed by atoms with Crippen molar-refractivity contribution in [1.82, 2.24) is 0 Å². The molecule has 2 bridgehead atoms. The molecule has 0 N–H and O–H groups in total. The summed E-state index contributed by atoms with van der Waals surface area (Å²) < 4.78 is 56.7. The molecule has 0 aromatic heterocycles. The molecule has 0 atom stereocenters. The number of hydrogen-bond donors (Lipinski definition) is 0. The molecule has 0 radical (unpaired) electrons. The highest BCUT2D eigenvalue weighted by Gasteiger charge is 2.74. The Morgan fingerprint density at radius 1 is 1.11 bits per heavy atom. The van der Waals surface area contributed by atoms with E-state index in [4.69, 9.17) is 4.74 Å². The topological polar surface area (TPSA) is 9.23 Å². The average molecular weight is 259 g/mol. The number of halogens is 4. The zero-order valence-electron chi connectivity index (χ0n) is 9.85. The van der Waals surface area contributed by atoms with E-state index in [1.807, 2.05) is 0 Å². The molecule has 3 saturated carbocycles. The highest BCUT2D eigenvalue weighted by molar-refractivity contribution is 6.63. The van der Waals surface area contributed by atoms with E-state index in [0.29, 0.717) is 11.3 Å². The fourth-order valence-corrected chi connectivity index (χ4v) is 3.51. The van der Waals surface area contributed by atoms with Crippen LogP contribution in [0.2, 0.25) is 5.31 Å². The molecule has 3 aliphatic rings.